The van der Waals surface area contributed by atoms with E-state index in [9.17, 15) is 4.79 Å². The molecule has 0 aromatic carbocycles. The van der Waals surface area contributed by atoms with E-state index in [-0.39, 0.29) is 0 Å². The van der Waals surface area contributed by atoms with Gasteiger partial charge in [0.15, 0.2) is 5.82 Å². The van der Waals surface area contributed by atoms with Crippen molar-refractivity contribution in [1.29, 1.82) is 0 Å². The third-order valence-electron chi connectivity index (χ3n) is 5.25. The summed E-state index contributed by atoms with van der Waals surface area (Å²) in [6.07, 6.45) is 3.01. The predicted octanol–water partition coefficient (Wildman–Crippen LogP) is 3.18. The number of ether oxygens (including phenoxy) is 1. The van der Waals surface area contributed by atoms with Crippen LogP contribution in [0.15, 0.2) is 18.5 Å². The van der Waals surface area contributed by atoms with Crippen molar-refractivity contribution in [2.24, 2.45) is 0 Å². The van der Waals surface area contributed by atoms with E-state index in [0.717, 1.165) is 10.8 Å². The first-order chi connectivity index (χ1) is 12.7. The minimum Gasteiger partial charge on any atom is -0.443 e. The van der Waals surface area contributed by atoms with Crippen molar-refractivity contribution >= 4 is 35.4 Å². The molecule has 7 nitrogen and oxygen atoms in total. The van der Waals surface area contributed by atoms with Crippen LogP contribution in [-0.4, -0.2) is 53.7 Å². The van der Waals surface area contributed by atoms with E-state index in [2.05, 4.69) is 4.98 Å². The third kappa shape index (κ3) is 3.51. The van der Waals surface area contributed by atoms with E-state index < -0.39 is 30.0 Å². The van der Waals surface area contributed by atoms with Crippen LogP contribution in [0.4, 0.5) is 10.6 Å². The molecule has 0 radical (unpaired) electrons. The van der Waals surface area contributed by atoms with Crippen LogP contribution in [0, 0.1) is 0 Å². The Morgan fingerprint density at radius 3 is 2.25 bits per heavy atom. The van der Waals surface area contributed by atoms with E-state index in [1.54, 1.807) is 12.4 Å². The molecule has 1 aliphatic heterocycles. The number of carbonyl (C=O) groups excluding carboxylic acids is 1. The topological polar surface area (TPSA) is 65.8 Å². The lowest BCUT2D eigenvalue weighted by atomic mass is 9.79. The molecule has 0 aliphatic carbocycles. The second-order valence-corrected chi connectivity index (χ2v) is 9.45. The van der Waals surface area contributed by atoms with Gasteiger partial charge in [0.2, 0.25) is 0 Å². The van der Waals surface area contributed by atoms with E-state index >= 15 is 0 Å². The molecule has 0 unspecified atom stereocenters. The summed E-state index contributed by atoms with van der Waals surface area (Å²) < 4.78 is 19.6. The molecule has 1 fully saturated rings. The lowest BCUT2D eigenvalue weighted by molar-refractivity contribution is 0.00578. The second kappa shape index (κ2) is 6.49. The first kappa shape index (κ1) is 20.7. The summed E-state index contributed by atoms with van der Waals surface area (Å²) in [6, 6.07) is 1.88. The number of aromatic nitrogens is 2. The molecule has 2 aromatic rings. The summed E-state index contributed by atoms with van der Waals surface area (Å²) in [5.74, 6) is 0.672. The lowest BCUT2D eigenvalue weighted by Crippen LogP contribution is -2.41. The molecule has 0 bridgehead atoms. The van der Waals surface area contributed by atoms with Crippen molar-refractivity contribution in [2.75, 3.05) is 19.0 Å². The molecular formula is C20H30BN3O4. The van der Waals surface area contributed by atoms with Crippen LogP contribution in [0.3, 0.4) is 0 Å². The number of nitrogens with zero attached hydrogens (tertiary/aromatic N) is 3. The van der Waals surface area contributed by atoms with Gasteiger partial charge in [-0.25, -0.2) is 14.3 Å². The highest BCUT2D eigenvalue weighted by atomic mass is 16.7. The summed E-state index contributed by atoms with van der Waals surface area (Å²) in [5, 5.41) is 0.850. The molecule has 1 aliphatic rings. The molecule has 0 atom stereocenters. The lowest BCUT2D eigenvalue weighted by Gasteiger charge is -2.32. The van der Waals surface area contributed by atoms with Crippen LogP contribution in [0.1, 0.15) is 48.5 Å². The fraction of sp³-hybridized carbons (Fsp3) is 0.600. The molecule has 1 saturated heterocycles. The first-order valence-electron chi connectivity index (χ1n) is 9.50. The minimum atomic E-state index is -0.612. The quantitative estimate of drug-likeness (QED) is 0.738. The number of hydrogen-bond acceptors (Lipinski definition) is 6. The second-order valence-electron chi connectivity index (χ2n) is 9.45. The summed E-state index contributed by atoms with van der Waals surface area (Å²) in [4.78, 5) is 19.3. The highest BCUT2D eigenvalue weighted by molar-refractivity contribution is 6.65. The van der Waals surface area contributed by atoms with E-state index in [0.29, 0.717) is 11.3 Å². The van der Waals surface area contributed by atoms with Crippen molar-refractivity contribution in [3.63, 3.8) is 0 Å². The maximum Gasteiger partial charge on any atom is 0.497 e. The Morgan fingerprint density at radius 1 is 1.18 bits per heavy atom. The Bertz CT molecular complexity index is 896. The molecular weight excluding hydrogens is 357 g/mol. The van der Waals surface area contributed by atoms with Gasteiger partial charge in [-0.2, -0.15) is 0 Å². The average Bonchev–Trinajstić information content (AvgIpc) is 3.00. The monoisotopic (exact) mass is 387 g/mol. The Hall–Kier alpha value is -2.06. The highest BCUT2D eigenvalue weighted by Crippen LogP contribution is 2.37. The van der Waals surface area contributed by atoms with Crippen LogP contribution in [0.5, 0.6) is 0 Å². The van der Waals surface area contributed by atoms with Gasteiger partial charge in [0, 0.05) is 37.3 Å². The summed E-state index contributed by atoms with van der Waals surface area (Å²) >= 11 is 0. The Balaban J connectivity index is 2.18. The first-order valence-corrected chi connectivity index (χ1v) is 9.50. The minimum absolute atomic E-state index is 0.462. The maximum atomic E-state index is 12.9. The SMILES string of the molecule is CN(C)c1nccc2c(B3OC(C)(C)C(C)(C)O3)cn(C(=O)OC(C)(C)C)c12. The molecule has 0 N–H and O–H groups in total. The zero-order valence-electron chi connectivity index (χ0n) is 18.3. The number of pyridine rings is 1. The Kier molecular flexibility index (Phi) is 4.79. The van der Waals surface area contributed by atoms with Gasteiger partial charge in [-0.15, -0.1) is 0 Å². The molecule has 3 rings (SSSR count). The van der Waals surface area contributed by atoms with Crippen molar-refractivity contribution < 1.29 is 18.8 Å². The zero-order valence-corrected chi connectivity index (χ0v) is 18.3. The standard InChI is InChI=1S/C20H30BN3O4/c1-18(2,3)26-17(25)24-12-14(21-27-19(4,5)20(6,7)28-21)13-10-11-22-16(15(13)24)23(8)9/h10-12H,1-9H3. The molecule has 0 spiro atoms. The number of carbonyl (C=O) groups is 1. The third-order valence-corrected chi connectivity index (χ3v) is 5.25. The highest BCUT2D eigenvalue weighted by Gasteiger charge is 2.52. The number of rotatable bonds is 2. The van der Waals surface area contributed by atoms with Gasteiger partial charge >= 0.3 is 13.2 Å². The van der Waals surface area contributed by atoms with Crippen LogP contribution in [0.25, 0.3) is 10.9 Å². The van der Waals surface area contributed by atoms with E-state index in [4.69, 9.17) is 14.0 Å². The van der Waals surface area contributed by atoms with Crippen LogP contribution >= 0.6 is 0 Å². The van der Waals surface area contributed by atoms with Gasteiger partial charge in [-0.05, 0) is 54.5 Å². The van der Waals surface area contributed by atoms with E-state index in [1.165, 1.54) is 4.57 Å². The molecule has 28 heavy (non-hydrogen) atoms. The molecule has 0 amide bonds. The summed E-state index contributed by atoms with van der Waals surface area (Å²) in [5.41, 5.74) is -0.111. The summed E-state index contributed by atoms with van der Waals surface area (Å²) in [7, 11) is 3.19. The maximum absolute atomic E-state index is 12.9. The van der Waals surface area contributed by atoms with Crippen molar-refractivity contribution in [3.05, 3.63) is 18.5 Å². The van der Waals surface area contributed by atoms with Crippen LogP contribution in [-0.2, 0) is 14.0 Å². The van der Waals surface area contributed by atoms with Gasteiger partial charge in [-0.1, -0.05) is 0 Å². The van der Waals surface area contributed by atoms with Gasteiger partial charge in [0.05, 0.1) is 11.2 Å². The summed E-state index contributed by atoms with van der Waals surface area (Å²) in [6.45, 7) is 13.6. The van der Waals surface area contributed by atoms with Crippen molar-refractivity contribution in [1.82, 2.24) is 9.55 Å². The molecule has 8 heteroatoms. The number of hydrogen-bond donors (Lipinski definition) is 0. The average molecular weight is 387 g/mol. The predicted molar refractivity (Wildman–Crippen MR) is 111 cm³/mol. The molecule has 0 saturated carbocycles. The van der Waals surface area contributed by atoms with Gasteiger partial charge in [-0.3, -0.25) is 0 Å². The molecule has 152 valence electrons. The van der Waals surface area contributed by atoms with Crippen LogP contribution in [0.2, 0.25) is 0 Å². The van der Waals surface area contributed by atoms with Gasteiger partial charge in [0.25, 0.3) is 0 Å². The Labute approximate surface area is 167 Å². The number of anilines is 1. The van der Waals surface area contributed by atoms with Crippen molar-refractivity contribution in [3.8, 4) is 0 Å². The zero-order chi connectivity index (χ0) is 21.1. The molecule has 3 heterocycles. The Morgan fingerprint density at radius 2 is 1.75 bits per heavy atom. The van der Waals surface area contributed by atoms with Crippen molar-refractivity contribution in [2.45, 2.75) is 65.3 Å². The van der Waals surface area contributed by atoms with Gasteiger partial charge in [0.1, 0.15) is 11.1 Å². The smallest absolute Gasteiger partial charge is 0.443 e. The number of fused-ring (bicyclic) bond motifs is 1. The van der Waals surface area contributed by atoms with Gasteiger partial charge < -0.3 is 18.9 Å². The van der Waals surface area contributed by atoms with E-state index in [1.807, 2.05) is 73.5 Å². The molecule has 2 aromatic heterocycles. The fourth-order valence-electron chi connectivity index (χ4n) is 3.13. The largest absolute Gasteiger partial charge is 0.497 e. The van der Waals surface area contributed by atoms with Crippen LogP contribution < -0.4 is 10.4 Å². The normalized spacial score (nSPS) is 18.5. The fourth-order valence-corrected chi connectivity index (χ4v) is 3.13.